The first-order valence-electron chi connectivity index (χ1n) is 6.33. The van der Waals surface area contributed by atoms with Crippen LogP contribution in [0.3, 0.4) is 0 Å². The maximum atomic E-state index is 13.7. The molecule has 1 amide bonds. The van der Waals surface area contributed by atoms with E-state index in [1.54, 1.807) is 26.0 Å². The van der Waals surface area contributed by atoms with E-state index in [1.165, 1.54) is 6.07 Å². The molecule has 19 heavy (non-hydrogen) atoms. The molecule has 0 bridgehead atoms. The molecule has 1 unspecified atom stereocenters. The molecule has 106 valence electrons. The second kappa shape index (κ2) is 6.52. The summed E-state index contributed by atoms with van der Waals surface area (Å²) in [5.41, 5.74) is 6.05. The van der Waals surface area contributed by atoms with E-state index in [9.17, 15) is 9.18 Å². The number of rotatable bonds is 5. The Hall–Kier alpha value is -1.62. The fourth-order valence-corrected chi connectivity index (χ4v) is 1.61. The molecule has 0 aromatic heterocycles. The molecule has 1 aromatic carbocycles. The van der Waals surface area contributed by atoms with E-state index < -0.39 is 11.9 Å². The lowest BCUT2D eigenvalue weighted by atomic mass is 10.1. The predicted octanol–water partition coefficient (Wildman–Crippen LogP) is 2.14. The molecule has 0 saturated carbocycles. The summed E-state index contributed by atoms with van der Waals surface area (Å²) in [5, 5.41) is 2.73. The summed E-state index contributed by atoms with van der Waals surface area (Å²) < 4.78 is 19.1. The predicted molar refractivity (Wildman–Crippen MR) is 72.4 cm³/mol. The zero-order valence-corrected chi connectivity index (χ0v) is 11.7. The van der Waals surface area contributed by atoms with Crippen molar-refractivity contribution in [3.8, 4) is 5.75 Å². The smallest absolute Gasteiger partial charge is 0.260 e. The van der Waals surface area contributed by atoms with Crippen LogP contribution in [0, 0.1) is 5.82 Å². The number of halogens is 1. The Balaban J connectivity index is 2.72. The quantitative estimate of drug-likeness (QED) is 0.860. The van der Waals surface area contributed by atoms with E-state index in [2.05, 4.69) is 5.32 Å². The third kappa shape index (κ3) is 4.52. The fraction of sp³-hybridized carbons (Fsp3) is 0.500. The Bertz CT molecular complexity index is 447. The van der Waals surface area contributed by atoms with Gasteiger partial charge in [0.05, 0.1) is 0 Å². The van der Waals surface area contributed by atoms with Crippen molar-refractivity contribution in [1.29, 1.82) is 0 Å². The van der Waals surface area contributed by atoms with Gasteiger partial charge in [0.1, 0.15) is 11.6 Å². The van der Waals surface area contributed by atoms with Gasteiger partial charge in [0.2, 0.25) is 0 Å². The number of nitrogens with one attached hydrogen (secondary N) is 1. The standard InChI is InChI=1S/C14H21FN2O2/c1-8(2)17-14(18)10(4)19-11-5-6-12(9(3)16)13(15)7-11/h5-10H,16H2,1-4H3,(H,17,18)/t9-,10?/m1/s1. The molecule has 3 N–H and O–H groups in total. The fourth-order valence-electron chi connectivity index (χ4n) is 1.61. The second-order valence-corrected chi connectivity index (χ2v) is 4.90. The summed E-state index contributed by atoms with van der Waals surface area (Å²) in [4.78, 5) is 11.7. The van der Waals surface area contributed by atoms with E-state index in [-0.39, 0.29) is 18.0 Å². The van der Waals surface area contributed by atoms with Crippen molar-refractivity contribution in [1.82, 2.24) is 5.32 Å². The maximum Gasteiger partial charge on any atom is 0.260 e. The van der Waals surface area contributed by atoms with Gasteiger partial charge in [-0.15, -0.1) is 0 Å². The summed E-state index contributed by atoms with van der Waals surface area (Å²) in [7, 11) is 0. The molecule has 1 rings (SSSR count). The van der Waals surface area contributed by atoms with Crippen LogP contribution in [0.15, 0.2) is 18.2 Å². The maximum absolute atomic E-state index is 13.7. The van der Waals surface area contributed by atoms with Crippen LogP contribution in [0.1, 0.15) is 39.3 Å². The van der Waals surface area contributed by atoms with Crippen molar-refractivity contribution in [2.45, 2.75) is 45.9 Å². The number of hydrogen-bond acceptors (Lipinski definition) is 3. The molecule has 2 atom stereocenters. The first-order chi connectivity index (χ1) is 8.81. The van der Waals surface area contributed by atoms with Crippen LogP contribution < -0.4 is 15.8 Å². The molecular formula is C14H21FN2O2. The molecule has 0 aliphatic heterocycles. The third-order valence-corrected chi connectivity index (χ3v) is 2.58. The summed E-state index contributed by atoms with van der Waals surface area (Å²) in [6.45, 7) is 7.05. The number of amides is 1. The van der Waals surface area contributed by atoms with E-state index >= 15 is 0 Å². The van der Waals surface area contributed by atoms with Gasteiger partial charge < -0.3 is 15.8 Å². The molecule has 5 heteroatoms. The van der Waals surface area contributed by atoms with Crippen molar-refractivity contribution in [2.75, 3.05) is 0 Å². The van der Waals surface area contributed by atoms with Gasteiger partial charge >= 0.3 is 0 Å². The highest BCUT2D eigenvalue weighted by atomic mass is 19.1. The highest BCUT2D eigenvalue weighted by molar-refractivity contribution is 5.80. The summed E-state index contributed by atoms with van der Waals surface area (Å²) in [6.07, 6.45) is -0.678. The van der Waals surface area contributed by atoms with Crippen LogP contribution in [0.4, 0.5) is 4.39 Å². The van der Waals surface area contributed by atoms with E-state index in [0.717, 1.165) is 0 Å². The van der Waals surface area contributed by atoms with Gasteiger partial charge in [-0.25, -0.2) is 4.39 Å². The molecule has 0 fully saturated rings. The minimum absolute atomic E-state index is 0.0377. The van der Waals surface area contributed by atoms with Crippen molar-refractivity contribution >= 4 is 5.91 Å². The Labute approximate surface area is 113 Å². The minimum atomic E-state index is -0.678. The van der Waals surface area contributed by atoms with Crippen molar-refractivity contribution in [3.05, 3.63) is 29.6 Å². The molecule has 4 nitrogen and oxygen atoms in total. The average molecular weight is 268 g/mol. The van der Waals surface area contributed by atoms with Gasteiger partial charge in [0, 0.05) is 23.7 Å². The highest BCUT2D eigenvalue weighted by Crippen LogP contribution is 2.21. The van der Waals surface area contributed by atoms with Gasteiger partial charge in [0.15, 0.2) is 6.10 Å². The van der Waals surface area contributed by atoms with Gasteiger partial charge in [-0.3, -0.25) is 4.79 Å². The van der Waals surface area contributed by atoms with E-state index in [4.69, 9.17) is 10.5 Å². The molecule has 0 saturated heterocycles. The van der Waals surface area contributed by atoms with E-state index in [1.807, 2.05) is 13.8 Å². The number of hydrogen-bond donors (Lipinski definition) is 2. The number of nitrogens with two attached hydrogens (primary N) is 1. The number of ether oxygens (including phenoxy) is 1. The van der Waals surface area contributed by atoms with Gasteiger partial charge in [-0.05, 0) is 33.8 Å². The number of carbonyl (C=O) groups excluding carboxylic acids is 1. The van der Waals surface area contributed by atoms with Crippen molar-refractivity contribution in [2.24, 2.45) is 5.73 Å². The number of carbonyl (C=O) groups is 1. The summed E-state index contributed by atoms with van der Waals surface area (Å²) >= 11 is 0. The Morgan fingerprint density at radius 3 is 2.42 bits per heavy atom. The lowest BCUT2D eigenvalue weighted by Crippen LogP contribution is -2.40. The van der Waals surface area contributed by atoms with Gasteiger partial charge in [0.25, 0.3) is 5.91 Å². The van der Waals surface area contributed by atoms with Crippen LogP contribution in [0.2, 0.25) is 0 Å². The first-order valence-corrected chi connectivity index (χ1v) is 6.33. The molecule has 1 aromatic rings. The van der Waals surface area contributed by atoms with Crippen LogP contribution in [-0.4, -0.2) is 18.1 Å². The average Bonchev–Trinajstić information content (AvgIpc) is 2.27. The minimum Gasteiger partial charge on any atom is -0.481 e. The lowest BCUT2D eigenvalue weighted by molar-refractivity contribution is -0.127. The molecule has 0 heterocycles. The zero-order chi connectivity index (χ0) is 14.6. The Morgan fingerprint density at radius 1 is 1.32 bits per heavy atom. The van der Waals surface area contributed by atoms with E-state index in [0.29, 0.717) is 11.3 Å². The van der Waals surface area contributed by atoms with Crippen LogP contribution in [0.25, 0.3) is 0 Å². The largest absolute Gasteiger partial charge is 0.481 e. The van der Waals surface area contributed by atoms with Crippen molar-refractivity contribution in [3.63, 3.8) is 0 Å². The van der Waals surface area contributed by atoms with Gasteiger partial charge in [-0.1, -0.05) is 6.07 Å². The van der Waals surface area contributed by atoms with Crippen LogP contribution >= 0.6 is 0 Å². The zero-order valence-electron chi connectivity index (χ0n) is 11.7. The SMILES string of the molecule is CC(C)NC(=O)C(C)Oc1ccc([C@@H](C)N)c(F)c1. The molecule has 0 aliphatic rings. The van der Waals surface area contributed by atoms with Crippen LogP contribution in [0.5, 0.6) is 5.75 Å². The molecule has 0 spiro atoms. The van der Waals surface area contributed by atoms with Crippen molar-refractivity contribution < 1.29 is 13.9 Å². The highest BCUT2D eigenvalue weighted by Gasteiger charge is 2.16. The Kier molecular flexibility index (Phi) is 5.30. The number of benzene rings is 1. The second-order valence-electron chi connectivity index (χ2n) is 4.90. The summed E-state index contributed by atoms with van der Waals surface area (Å²) in [6, 6.07) is 4.09. The summed E-state index contributed by atoms with van der Waals surface area (Å²) in [5.74, 6) is -0.344. The first kappa shape index (κ1) is 15.4. The van der Waals surface area contributed by atoms with Gasteiger partial charge in [-0.2, -0.15) is 0 Å². The third-order valence-electron chi connectivity index (χ3n) is 2.58. The normalized spacial score (nSPS) is 14.1. The lowest BCUT2D eigenvalue weighted by Gasteiger charge is -2.17. The molecular weight excluding hydrogens is 247 g/mol. The van der Waals surface area contributed by atoms with Crippen LogP contribution in [-0.2, 0) is 4.79 Å². The molecule has 0 radical (unpaired) electrons. The molecule has 0 aliphatic carbocycles. The topological polar surface area (TPSA) is 64.3 Å². The monoisotopic (exact) mass is 268 g/mol. The Morgan fingerprint density at radius 2 is 1.95 bits per heavy atom.